The minimum atomic E-state index is 0.213. The zero-order chi connectivity index (χ0) is 25.3. The van der Waals surface area contributed by atoms with Gasteiger partial charge in [-0.2, -0.15) is 10.5 Å². The number of para-hydroxylation sites is 2. The molecular weight excluding hydrogens is 468 g/mol. The highest BCUT2D eigenvalue weighted by Gasteiger charge is 2.13. The van der Waals surface area contributed by atoms with Crippen molar-refractivity contribution >= 4 is 0 Å². The quantitative estimate of drug-likeness (QED) is 0.536. The Balaban J connectivity index is 1.54. The van der Waals surface area contributed by atoms with Gasteiger partial charge in [-0.1, -0.05) is 12.1 Å². The summed E-state index contributed by atoms with van der Waals surface area (Å²) in [6, 6.07) is 14.4. The van der Waals surface area contributed by atoms with Crippen molar-refractivity contribution in [2.75, 3.05) is 79.3 Å². The van der Waals surface area contributed by atoms with Crippen LogP contribution in [0.25, 0.3) is 0 Å². The molecule has 10 heteroatoms. The maximum Gasteiger partial charge on any atom is 0.162 e. The smallest absolute Gasteiger partial charge is 0.162 e. The van der Waals surface area contributed by atoms with Gasteiger partial charge in [-0.15, -0.1) is 0 Å². The normalized spacial score (nSPS) is 17.1. The second-order valence-corrected chi connectivity index (χ2v) is 7.36. The SMILES string of the molecule is N#Cc1cc2c(cc1C#N)OCCOCCOCCOc1ccccc1OCCOCCOCCO2. The van der Waals surface area contributed by atoms with Crippen molar-refractivity contribution in [2.45, 2.75) is 0 Å². The van der Waals surface area contributed by atoms with E-state index in [1.165, 1.54) is 12.1 Å². The van der Waals surface area contributed by atoms with Gasteiger partial charge in [-0.25, -0.2) is 0 Å². The van der Waals surface area contributed by atoms with Crippen LogP contribution >= 0.6 is 0 Å². The third-order valence-corrected chi connectivity index (χ3v) is 4.86. The molecule has 0 aromatic heterocycles. The van der Waals surface area contributed by atoms with Crippen molar-refractivity contribution in [1.29, 1.82) is 10.5 Å². The summed E-state index contributed by atoms with van der Waals surface area (Å²) in [4.78, 5) is 0. The van der Waals surface area contributed by atoms with Gasteiger partial charge in [0.05, 0.1) is 64.0 Å². The van der Waals surface area contributed by atoms with Gasteiger partial charge >= 0.3 is 0 Å². The molecular formula is C26H30N2O8. The van der Waals surface area contributed by atoms with Gasteiger partial charge in [0.15, 0.2) is 23.0 Å². The topological polar surface area (TPSA) is 121 Å². The average molecular weight is 499 g/mol. The monoisotopic (exact) mass is 498 g/mol. The summed E-state index contributed by atoms with van der Waals surface area (Å²) in [5, 5.41) is 18.6. The molecule has 2 aromatic carbocycles. The van der Waals surface area contributed by atoms with Crippen LogP contribution in [-0.4, -0.2) is 79.3 Å². The molecule has 1 aliphatic heterocycles. The zero-order valence-electron chi connectivity index (χ0n) is 20.1. The highest BCUT2D eigenvalue weighted by molar-refractivity contribution is 5.56. The van der Waals surface area contributed by atoms with Gasteiger partial charge < -0.3 is 37.9 Å². The lowest BCUT2D eigenvalue weighted by atomic mass is 10.1. The van der Waals surface area contributed by atoms with E-state index in [9.17, 15) is 10.5 Å². The van der Waals surface area contributed by atoms with Gasteiger partial charge in [-0.3, -0.25) is 0 Å². The lowest BCUT2D eigenvalue weighted by Crippen LogP contribution is -2.15. The van der Waals surface area contributed by atoms with Crippen LogP contribution in [-0.2, 0) is 18.9 Å². The number of ether oxygens (including phenoxy) is 8. The third kappa shape index (κ3) is 9.25. The number of hydrogen-bond donors (Lipinski definition) is 0. The number of hydrogen-bond acceptors (Lipinski definition) is 10. The molecule has 192 valence electrons. The lowest BCUT2D eigenvalue weighted by Gasteiger charge is -2.15. The molecule has 2 aromatic rings. The van der Waals surface area contributed by atoms with E-state index in [4.69, 9.17) is 37.9 Å². The van der Waals surface area contributed by atoms with Crippen LogP contribution in [0.1, 0.15) is 11.1 Å². The maximum absolute atomic E-state index is 9.31. The summed E-state index contributed by atoms with van der Waals surface area (Å²) in [5.74, 6) is 2.02. The summed E-state index contributed by atoms with van der Waals surface area (Å²) >= 11 is 0. The van der Waals surface area contributed by atoms with Gasteiger partial charge in [-0.05, 0) is 12.1 Å². The fourth-order valence-electron chi connectivity index (χ4n) is 3.15. The highest BCUT2D eigenvalue weighted by Crippen LogP contribution is 2.31. The number of nitriles is 2. The molecule has 0 amide bonds. The molecule has 0 unspecified atom stereocenters. The Morgan fingerprint density at radius 2 is 0.750 bits per heavy atom. The highest BCUT2D eigenvalue weighted by atomic mass is 16.6. The molecule has 1 aliphatic rings. The van der Waals surface area contributed by atoms with E-state index in [-0.39, 0.29) is 24.3 Å². The molecule has 10 nitrogen and oxygen atoms in total. The summed E-state index contributed by atoms with van der Waals surface area (Å²) in [6.07, 6.45) is 0. The van der Waals surface area contributed by atoms with Crippen LogP contribution in [0, 0.1) is 22.7 Å². The fourth-order valence-corrected chi connectivity index (χ4v) is 3.15. The first-order chi connectivity index (χ1) is 17.8. The lowest BCUT2D eigenvalue weighted by molar-refractivity contribution is 0.0223. The molecule has 3 rings (SSSR count). The van der Waals surface area contributed by atoms with E-state index in [2.05, 4.69) is 0 Å². The van der Waals surface area contributed by atoms with Crippen molar-refractivity contribution in [3.05, 3.63) is 47.5 Å². The zero-order valence-corrected chi connectivity index (χ0v) is 20.1. The Hall–Kier alpha value is -3.54. The first kappa shape index (κ1) is 27.1. The van der Waals surface area contributed by atoms with Crippen LogP contribution < -0.4 is 18.9 Å². The number of nitrogens with zero attached hydrogens (tertiary/aromatic N) is 2. The van der Waals surface area contributed by atoms with Crippen molar-refractivity contribution in [3.8, 4) is 35.1 Å². The van der Waals surface area contributed by atoms with Crippen molar-refractivity contribution in [3.63, 3.8) is 0 Å². The number of benzene rings is 2. The van der Waals surface area contributed by atoms with Gasteiger partial charge in [0.1, 0.15) is 38.6 Å². The molecule has 36 heavy (non-hydrogen) atoms. The van der Waals surface area contributed by atoms with Crippen LogP contribution in [0.5, 0.6) is 23.0 Å². The Kier molecular flexibility index (Phi) is 12.2. The first-order valence-corrected chi connectivity index (χ1v) is 11.7. The molecule has 0 N–H and O–H groups in total. The van der Waals surface area contributed by atoms with E-state index in [1.54, 1.807) is 0 Å². The van der Waals surface area contributed by atoms with Crippen molar-refractivity contribution in [1.82, 2.24) is 0 Å². The molecule has 0 spiro atoms. The Morgan fingerprint density at radius 1 is 0.444 bits per heavy atom. The van der Waals surface area contributed by atoms with E-state index in [0.29, 0.717) is 89.1 Å². The Labute approximate surface area is 210 Å². The summed E-state index contributed by atoms with van der Waals surface area (Å²) in [5.41, 5.74) is 0.425. The molecule has 0 fully saturated rings. The average Bonchev–Trinajstić information content (AvgIpc) is 2.91. The molecule has 1 heterocycles. The Bertz CT molecular complexity index is 938. The molecule has 0 radical (unpaired) electrons. The van der Waals surface area contributed by atoms with E-state index in [1.807, 2.05) is 36.4 Å². The standard InChI is InChI=1S/C26H30N2O8/c27-19-21-17-25-26(18-22(21)20-28)36-16-12-32-8-6-30-10-14-34-24-4-2-1-3-23(24)33-13-9-29-5-7-31-11-15-35-25/h1-4,17-18H,5-16H2. The Morgan fingerprint density at radius 3 is 1.08 bits per heavy atom. The van der Waals surface area contributed by atoms with Gasteiger partial charge in [0, 0.05) is 12.1 Å². The molecule has 0 bridgehead atoms. The predicted molar refractivity (Wildman–Crippen MR) is 128 cm³/mol. The van der Waals surface area contributed by atoms with Crippen molar-refractivity contribution in [2.24, 2.45) is 0 Å². The number of fused-ring (bicyclic) bond motifs is 2. The first-order valence-electron chi connectivity index (χ1n) is 11.7. The van der Waals surface area contributed by atoms with Crippen LogP contribution in [0.2, 0.25) is 0 Å². The second kappa shape index (κ2) is 16.2. The van der Waals surface area contributed by atoms with Gasteiger partial charge in [0.2, 0.25) is 0 Å². The molecule has 0 aliphatic carbocycles. The van der Waals surface area contributed by atoms with Crippen LogP contribution in [0.3, 0.4) is 0 Å². The summed E-state index contributed by atoms with van der Waals surface area (Å²) in [7, 11) is 0. The predicted octanol–water partition coefficient (Wildman–Crippen LogP) is 2.73. The minimum Gasteiger partial charge on any atom is -0.487 e. The van der Waals surface area contributed by atoms with E-state index < -0.39 is 0 Å². The van der Waals surface area contributed by atoms with E-state index in [0.717, 1.165) is 0 Å². The summed E-state index contributed by atoms with van der Waals surface area (Å²) in [6.45, 7) is 4.25. The van der Waals surface area contributed by atoms with Crippen LogP contribution in [0.4, 0.5) is 0 Å². The largest absolute Gasteiger partial charge is 0.487 e. The molecule has 0 saturated heterocycles. The second-order valence-electron chi connectivity index (χ2n) is 7.36. The van der Waals surface area contributed by atoms with Crippen LogP contribution in [0.15, 0.2) is 36.4 Å². The van der Waals surface area contributed by atoms with Gasteiger partial charge in [0.25, 0.3) is 0 Å². The number of rotatable bonds is 0. The minimum absolute atomic E-state index is 0.213. The summed E-state index contributed by atoms with van der Waals surface area (Å²) < 4.78 is 45.2. The third-order valence-electron chi connectivity index (χ3n) is 4.86. The van der Waals surface area contributed by atoms with E-state index >= 15 is 0 Å². The molecule has 0 saturated carbocycles. The fraction of sp³-hybridized carbons (Fsp3) is 0.462. The molecule has 0 atom stereocenters. The maximum atomic E-state index is 9.31. The van der Waals surface area contributed by atoms with Crippen molar-refractivity contribution < 1.29 is 37.9 Å².